The summed E-state index contributed by atoms with van der Waals surface area (Å²) in [6.07, 6.45) is 6.41. The molecule has 0 spiro atoms. The maximum Gasteiger partial charge on any atom is 0.278 e. The van der Waals surface area contributed by atoms with Crippen molar-refractivity contribution in [3.8, 4) is 0 Å². The van der Waals surface area contributed by atoms with Gasteiger partial charge in [0.05, 0.1) is 27.3 Å². The van der Waals surface area contributed by atoms with Crippen LogP contribution in [0.2, 0.25) is 0 Å². The van der Waals surface area contributed by atoms with E-state index < -0.39 is 10.8 Å². The van der Waals surface area contributed by atoms with Gasteiger partial charge in [0.2, 0.25) is 5.17 Å². The van der Waals surface area contributed by atoms with Gasteiger partial charge in [0.1, 0.15) is 11.4 Å². The van der Waals surface area contributed by atoms with Crippen LogP contribution in [0.25, 0.3) is 12.2 Å². The molecule has 0 fully saturated rings. The van der Waals surface area contributed by atoms with Gasteiger partial charge in [-0.3, -0.25) is 33.6 Å². The van der Waals surface area contributed by atoms with E-state index >= 15 is 0 Å². The van der Waals surface area contributed by atoms with Gasteiger partial charge >= 0.3 is 0 Å². The Morgan fingerprint density at radius 3 is 2.00 bits per heavy atom. The highest BCUT2D eigenvalue weighted by Crippen LogP contribution is 2.24. The van der Waals surface area contributed by atoms with Gasteiger partial charge in [-0.25, -0.2) is 9.98 Å². The molecule has 11 heteroatoms. The number of amidine groups is 2. The number of pyridine rings is 2. The number of hydrogen-bond donors (Lipinski definition) is 0. The van der Waals surface area contributed by atoms with Crippen LogP contribution in [0.1, 0.15) is 11.4 Å². The first-order chi connectivity index (χ1) is 15.4. The molecule has 4 rings (SSSR count). The van der Waals surface area contributed by atoms with Gasteiger partial charge in [0.25, 0.3) is 11.8 Å². The van der Waals surface area contributed by atoms with Gasteiger partial charge in [-0.15, -0.1) is 0 Å². The van der Waals surface area contributed by atoms with Gasteiger partial charge in [-0.05, 0) is 36.4 Å². The van der Waals surface area contributed by atoms with Gasteiger partial charge < -0.3 is 0 Å². The van der Waals surface area contributed by atoms with Crippen LogP contribution in [-0.4, -0.2) is 65.3 Å². The number of hydrogen-bond acceptors (Lipinski definition) is 8. The molecule has 1 atom stereocenters. The molecule has 2 amide bonds. The van der Waals surface area contributed by atoms with E-state index in [2.05, 4.69) is 20.0 Å². The third-order valence-electron chi connectivity index (χ3n) is 4.50. The Morgan fingerprint density at radius 2 is 1.44 bits per heavy atom. The molecule has 2 aliphatic rings. The maximum absolute atomic E-state index is 12.9. The molecule has 32 heavy (non-hydrogen) atoms. The summed E-state index contributed by atoms with van der Waals surface area (Å²) in [6, 6.07) is 10.7. The Balaban J connectivity index is 1.47. The molecule has 0 radical (unpaired) electrons. The van der Waals surface area contributed by atoms with Crippen LogP contribution in [0.5, 0.6) is 0 Å². The normalized spacial score (nSPS) is 19.7. The quantitative estimate of drug-likeness (QED) is 0.638. The van der Waals surface area contributed by atoms with Crippen LogP contribution in [0.4, 0.5) is 0 Å². The number of thioether (sulfide) groups is 1. The van der Waals surface area contributed by atoms with E-state index in [1.54, 1.807) is 61.9 Å². The van der Waals surface area contributed by atoms with Crippen molar-refractivity contribution in [2.45, 2.75) is 0 Å². The SMILES string of the molecule is CN1C(=O)/C(=C/c2ccccn2)N=C1SCS(=O)C1=N/C(=C\c2ccccn2)C(=O)N1C. The topological polar surface area (TPSA) is 108 Å². The number of carbonyl (C=O) groups is 2. The van der Waals surface area contributed by atoms with Crippen molar-refractivity contribution in [1.29, 1.82) is 0 Å². The molecule has 0 saturated heterocycles. The van der Waals surface area contributed by atoms with E-state index in [1.807, 2.05) is 6.07 Å². The molecular weight excluding hydrogens is 448 g/mol. The second-order valence-corrected chi connectivity index (χ2v) is 9.35. The second-order valence-electron chi connectivity index (χ2n) is 6.69. The molecule has 2 aromatic heterocycles. The Morgan fingerprint density at radius 1 is 0.875 bits per heavy atom. The van der Waals surface area contributed by atoms with Gasteiger partial charge in [0.15, 0.2) is 5.17 Å². The van der Waals surface area contributed by atoms with Crippen LogP contribution in [0.3, 0.4) is 0 Å². The van der Waals surface area contributed by atoms with Crippen molar-refractivity contribution in [3.63, 3.8) is 0 Å². The van der Waals surface area contributed by atoms with Crippen LogP contribution >= 0.6 is 11.8 Å². The van der Waals surface area contributed by atoms with Crippen LogP contribution in [0.15, 0.2) is 70.2 Å². The van der Waals surface area contributed by atoms with E-state index in [9.17, 15) is 13.8 Å². The van der Waals surface area contributed by atoms with Crippen molar-refractivity contribution >= 4 is 56.9 Å². The fraction of sp³-hybridized carbons (Fsp3) is 0.143. The van der Waals surface area contributed by atoms with E-state index in [0.717, 1.165) is 11.8 Å². The van der Waals surface area contributed by atoms with Gasteiger partial charge in [0, 0.05) is 26.5 Å². The minimum Gasteiger partial charge on any atom is -0.289 e. The first-order valence-corrected chi connectivity index (χ1v) is 11.7. The molecule has 4 heterocycles. The third-order valence-corrected chi connectivity index (χ3v) is 7.22. The summed E-state index contributed by atoms with van der Waals surface area (Å²) in [4.78, 5) is 44.5. The van der Waals surface area contributed by atoms with Crippen LogP contribution in [0, 0.1) is 0 Å². The Bertz CT molecular complexity index is 1210. The molecule has 0 N–H and O–H groups in total. The minimum absolute atomic E-state index is 0.0840. The smallest absolute Gasteiger partial charge is 0.278 e. The second kappa shape index (κ2) is 9.37. The van der Waals surface area contributed by atoms with E-state index in [1.165, 1.54) is 16.8 Å². The summed E-state index contributed by atoms with van der Waals surface area (Å²) in [6.45, 7) is 0. The number of aromatic nitrogens is 2. The molecule has 0 aromatic carbocycles. The number of carbonyl (C=O) groups excluding carboxylic acids is 2. The van der Waals surface area contributed by atoms with Crippen molar-refractivity contribution in [2.75, 3.05) is 19.2 Å². The van der Waals surface area contributed by atoms with Crippen molar-refractivity contribution in [1.82, 2.24) is 19.8 Å². The van der Waals surface area contributed by atoms with Crippen LogP contribution < -0.4 is 0 Å². The molecule has 0 bridgehead atoms. The molecule has 2 aromatic rings. The van der Waals surface area contributed by atoms with Crippen molar-refractivity contribution in [2.24, 2.45) is 9.98 Å². The highest BCUT2D eigenvalue weighted by Gasteiger charge is 2.32. The molecule has 9 nitrogen and oxygen atoms in total. The number of amides is 2. The molecule has 0 aliphatic carbocycles. The van der Waals surface area contributed by atoms with Gasteiger partial charge in [-0.1, -0.05) is 23.9 Å². The van der Waals surface area contributed by atoms with Crippen molar-refractivity contribution in [3.05, 3.63) is 71.6 Å². The summed E-state index contributed by atoms with van der Waals surface area (Å²) in [7, 11) is 1.54. The highest BCUT2D eigenvalue weighted by molar-refractivity contribution is 8.23. The lowest BCUT2D eigenvalue weighted by molar-refractivity contribution is -0.122. The zero-order valence-corrected chi connectivity index (χ0v) is 18.8. The Kier molecular flexibility index (Phi) is 6.37. The lowest BCUT2D eigenvalue weighted by atomic mass is 10.3. The molecule has 1 unspecified atom stereocenters. The Labute approximate surface area is 191 Å². The largest absolute Gasteiger partial charge is 0.289 e. The Hall–Kier alpha value is -3.44. The molecule has 162 valence electrons. The van der Waals surface area contributed by atoms with Crippen LogP contribution in [-0.2, 0) is 20.4 Å². The average Bonchev–Trinajstić information content (AvgIpc) is 3.24. The summed E-state index contributed by atoms with van der Waals surface area (Å²) in [5.41, 5.74) is 1.63. The average molecular weight is 467 g/mol. The maximum atomic E-state index is 12.9. The predicted octanol–water partition coefficient (Wildman–Crippen LogP) is 1.95. The zero-order chi connectivity index (χ0) is 22.7. The van der Waals surface area contributed by atoms with E-state index in [4.69, 9.17) is 0 Å². The first-order valence-electron chi connectivity index (χ1n) is 9.44. The summed E-state index contributed by atoms with van der Waals surface area (Å²) < 4.78 is 12.9. The van der Waals surface area contributed by atoms with E-state index in [-0.39, 0.29) is 33.5 Å². The number of nitrogens with zero attached hydrogens (tertiary/aromatic N) is 6. The number of rotatable bonds is 4. The summed E-state index contributed by atoms with van der Waals surface area (Å²) >= 11 is 1.16. The summed E-state index contributed by atoms with van der Waals surface area (Å²) in [5, 5.41) is 0.657. The monoisotopic (exact) mass is 466 g/mol. The summed E-state index contributed by atoms with van der Waals surface area (Å²) in [5.74, 6) is -0.620. The van der Waals surface area contributed by atoms with Crippen molar-refractivity contribution < 1.29 is 13.8 Å². The molecule has 0 saturated carbocycles. The lowest BCUT2D eigenvalue weighted by Gasteiger charge is -2.12. The third kappa shape index (κ3) is 4.58. The standard InChI is InChI=1S/C21H18N6O3S2/c1-26-18(28)16(11-14-7-3-5-9-22-14)24-20(26)31-13-32(30)21-25-17(19(29)27(21)2)12-15-8-4-6-10-23-15/h3-12H,13H2,1-2H3/b16-11-,17-12-. The number of likely N-dealkylation sites (N-methyl/N-ethyl adjacent to an activating group) is 2. The highest BCUT2D eigenvalue weighted by atomic mass is 32.2. The minimum atomic E-state index is -1.59. The number of aliphatic imine (C=N–C) groups is 2. The fourth-order valence-electron chi connectivity index (χ4n) is 2.85. The molecular formula is C21H18N6O3S2. The van der Waals surface area contributed by atoms with E-state index in [0.29, 0.717) is 16.6 Å². The first kappa shape index (κ1) is 21.8. The predicted molar refractivity (Wildman–Crippen MR) is 125 cm³/mol. The lowest BCUT2D eigenvalue weighted by Crippen LogP contribution is -2.32. The molecule has 2 aliphatic heterocycles. The zero-order valence-electron chi connectivity index (χ0n) is 17.2. The fourth-order valence-corrected chi connectivity index (χ4v) is 5.15. The van der Waals surface area contributed by atoms with Gasteiger partial charge in [-0.2, -0.15) is 0 Å².